The molecule has 1 amide bonds. The van der Waals surface area contributed by atoms with Crippen LogP contribution in [-0.2, 0) is 11.2 Å². The minimum Gasteiger partial charge on any atom is -0.461 e. The van der Waals surface area contributed by atoms with E-state index in [1.807, 2.05) is 23.6 Å². The normalized spacial score (nSPS) is 10.5. The highest BCUT2D eigenvalue weighted by molar-refractivity contribution is 7.14. The molecule has 0 spiro atoms. The number of esters is 1. The van der Waals surface area contributed by atoms with E-state index in [-0.39, 0.29) is 5.91 Å². The third-order valence-electron chi connectivity index (χ3n) is 3.42. The molecular weight excluding hydrogens is 370 g/mol. The fourth-order valence-electron chi connectivity index (χ4n) is 2.19. The van der Waals surface area contributed by atoms with Crippen molar-refractivity contribution in [2.75, 3.05) is 13.2 Å². The SMILES string of the molecule is CCOC(=O)c1csc(-c2csc(CCNC(=O)c3ccccc3)n2)n1. The maximum Gasteiger partial charge on any atom is 0.357 e. The van der Waals surface area contributed by atoms with E-state index >= 15 is 0 Å². The van der Waals surface area contributed by atoms with Crippen molar-refractivity contribution in [1.29, 1.82) is 0 Å². The van der Waals surface area contributed by atoms with Gasteiger partial charge in [0.1, 0.15) is 10.7 Å². The minimum absolute atomic E-state index is 0.0959. The number of amides is 1. The second kappa shape index (κ2) is 8.68. The molecule has 26 heavy (non-hydrogen) atoms. The molecule has 1 aromatic carbocycles. The Labute approximate surface area is 158 Å². The Bertz CT molecular complexity index is 890. The van der Waals surface area contributed by atoms with E-state index in [0.717, 1.165) is 10.7 Å². The predicted molar refractivity (Wildman–Crippen MR) is 102 cm³/mol. The summed E-state index contributed by atoms with van der Waals surface area (Å²) in [4.78, 5) is 32.5. The van der Waals surface area contributed by atoms with Crippen LogP contribution >= 0.6 is 22.7 Å². The number of hydrogen-bond acceptors (Lipinski definition) is 7. The molecule has 0 fully saturated rings. The molecule has 2 aromatic heterocycles. The maximum absolute atomic E-state index is 12.0. The van der Waals surface area contributed by atoms with Gasteiger partial charge in [0.15, 0.2) is 5.69 Å². The second-order valence-electron chi connectivity index (χ2n) is 5.26. The van der Waals surface area contributed by atoms with E-state index in [1.54, 1.807) is 24.4 Å². The number of hydrogen-bond donors (Lipinski definition) is 1. The summed E-state index contributed by atoms with van der Waals surface area (Å²) in [6.45, 7) is 2.59. The van der Waals surface area contributed by atoms with Crippen molar-refractivity contribution in [2.45, 2.75) is 13.3 Å². The summed E-state index contributed by atoms with van der Waals surface area (Å²) in [6, 6.07) is 9.10. The number of ether oxygens (including phenoxy) is 1. The number of benzene rings is 1. The number of nitrogens with zero attached hydrogens (tertiary/aromatic N) is 2. The highest BCUT2D eigenvalue weighted by atomic mass is 32.1. The number of carbonyl (C=O) groups is 2. The van der Waals surface area contributed by atoms with Gasteiger partial charge in [-0.15, -0.1) is 22.7 Å². The Balaban J connectivity index is 1.55. The van der Waals surface area contributed by atoms with Gasteiger partial charge in [0.25, 0.3) is 5.91 Å². The summed E-state index contributed by atoms with van der Waals surface area (Å²) in [5.41, 5.74) is 1.68. The summed E-state index contributed by atoms with van der Waals surface area (Å²) in [5, 5.41) is 8.05. The lowest BCUT2D eigenvalue weighted by Crippen LogP contribution is -2.25. The molecule has 6 nitrogen and oxygen atoms in total. The summed E-state index contributed by atoms with van der Waals surface area (Å²) < 4.78 is 4.94. The van der Waals surface area contributed by atoms with E-state index in [1.165, 1.54) is 22.7 Å². The molecule has 134 valence electrons. The van der Waals surface area contributed by atoms with Crippen molar-refractivity contribution in [1.82, 2.24) is 15.3 Å². The lowest BCUT2D eigenvalue weighted by atomic mass is 10.2. The Kier molecular flexibility index (Phi) is 6.08. The third kappa shape index (κ3) is 4.53. The van der Waals surface area contributed by atoms with Crippen LogP contribution in [0.4, 0.5) is 0 Å². The van der Waals surface area contributed by atoms with E-state index in [0.29, 0.717) is 35.8 Å². The van der Waals surface area contributed by atoms with Crippen LogP contribution in [0, 0.1) is 0 Å². The molecule has 0 unspecified atom stereocenters. The summed E-state index contributed by atoms with van der Waals surface area (Å²) in [5.74, 6) is -0.518. The Morgan fingerprint density at radius 2 is 1.92 bits per heavy atom. The van der Waals surface area contributed by atoms with Crippen molar-refractivity contribution in [2.24, 2.45) is 0 Å². The average Bonchev–Trinajstić information content (AvgIpc) is 3.32. The Hall–Kier alpha value is -2.58. The first-order valence-corrected chi connectivity index (χ1v) is 9.84. The van der Waals surface area contributed by atoms with Crippen LogP contribution in [0.1, 0.15) is 32.8 Å². The number of rotatable bonds is 7. The molecule has 0 saturated carbocycles. The van der Waals surface area contributed by atoms with Crippen LogP contribution in [0.3, 0.4) is 0 Å². The zero-order chi connectivity index (χ0) is 18.4. The van der Waals surface area contributed by atoms with Gasteiger partial charge in [-0.05, 0) is 19.1 Å². The first-order valence-electron chi connectivity index (χ1n) is 8.08. The maximum atomic E-state index is 12.0. The van der Waals surface area contributed by atoms with Gasteiger partial charge in [-0.1, -0.05) is 18.2 Å². The molecule has 8 heteroatoms. The van der Waals surface area contributed by atoms with Crippen molar-refractivity contribution >= 4 is 34.6 Å². The number of thiazole rings is 2. The molecule has 1 N–H and O–H groups in total. The van der Waals surface area contributed by atoms with Crippen LogP contribution in [-0.4, -0.2) is 35.0 Å². The largest absolute Gasteiger partial charge is 0.461 e. The van der Waals surface area contributed by atoms with Crippen molar-refractivity contribution in [3.8, 4) is 10.7 Å². The lowest BCUT2D eigenvalue weighted by Gasteiger charge is -2.03. The third-order valence-corrected chi connectivity index (χ3v) is 5.19. The smallest absolute Gasteiger partial charge is 0.357 e. The van der Waals surface area contributed by atoms with Gasteiger partial charge in [0.05, 0.1) is 11.6 Å². The lowest BCUT2D eigenvalue weighted by molar-refractivity contribution is 0.0520. The van der Waals surface area contributed by atoms with Crippen LogP contribution in [0.15, 0.2) is 41.1 Å². The second-order valence-corrected chi connectivity index (χ2v) is 7.06. The van der Waals surface area contributed by atoms with Crippen LogP contribution in [0.5, 0.6) is 0 Å². The van der Waals surface area contributed by atoms with Crippen molar-refractivity contribution in [3.05, 3.63) is 57.4 Å². The van der Waals surface area contributed by atoms with Crippen LogP contribution < -0.4 is 5.32 Å². The van der Waals surface area contributed by atoms with E-state index < -0.39 is 5.97 Å². The van der Waals surface area contributed by atoms with Gasteiger partial charge in [-0.2, -0.15) is 0 Å². The van der Waals surface area contributed by atoms with E-state index in [2.05, 4.69) is 15.3 Å². The van der Waals surface area contributed by atoms with E-state index in [9.17, 15) is 9.59 Å². The first kappa shape index (κ1) is 18.2. The summed E-state index contributed by atoms with van der Waals surface area (Å²) in [7, 11) is 0. The van der Waals surface area contributed by atoms with Crippen molar-refractivity contribution in [3.63, 3.8) is 0 Å². The molecule has 2 heterocycles. The molecule has 0 radical (unpaired) electrons. The van der Waals surface area contributed by atoms with Gasteiger partial charge in [0.2, 0.25) is 0 Å². The van der Waals surface area contributed by atoms with Gasteiger partial charge >= 0.3 is 5.97 Å². The van der Waals surface area contributed by atoms with Crippen LogP contribution in [0.2, 0.25) is 0 Å². The highest BCUT2D eigenvalue weighted by Gasteiger charge is 2.14. The molecule has 0 aliphatic heterocycles. The molecule has 0 saturated heterocycles. The zero-order valence-electron chi connectivity index (χ0n) is 14.1. The Morgan fingerprint density at radius 3 is 2.69 bits per heavy atom. The summed E-state index contributed by atoms with van der Waals surface area (Å²) in [6.07, 6.45) is 0.638. The molecular formula is C18H17N3O3S2. The molecule has 0 atom stereocenters. The van der Waals surface area contributed by atoms with Gasteiger partial charge < -0.3 is 10.1 Å². The molecule has 0 aliphatic carbocycles. The van der Waals surface area contributed by atoms with Crippen molar-refractivity contribution < 1.29 is 14.3 Å². The first-order chi connectivity index (χ1) is 12.7. The molecule has 0 bridgehead atoms. The van der Waals surface area contributed by atoms with E-state index in [4.69, 9.17) is 4.74 Å². The monoisotopic (exact) mass is 387 g/mol. The standard InChI is InChI=1S/C18H17N3O3S2/c1-2-24-18(23)14-11-26-17(21-14)13-10-25-15(20-13)8-9-19-16(22)12-6-4-3-5-7-12/h3-7,10-11H,2,8-9H2,1H3,(H,19,22). The molecule has 3 rings (SSSR count). The highest BCUT2D eigenvalue weighted by Crippen LogP contribution is 2.25. The Morgan fingerprint density at radius 1 is 1.12 bits per heavy atom. The minimum atomic E-state index is -0.422. The van der Waals surface area contributed by atoms with Gasteiger partial charge in [-0.25, -0.2) is 14.8 Å². The van der Waals surface area contributed by atoms with Gasteiger partial charge in [0, 0.05) is 29.3 Å². The molecule has 3 aromatic rings. The number of carbonyl (C=O) groups excluding carboxylic acids is 2. The fraction of sp³-hybridized carbons (Fsp3) is 0.222. The zero-order valence-corrected chi connectivity index (χ0v) is 15.7. The number of nitrogens with one attached hydrogen (secondary N) is 1. The predicted octanol–water partition coefficient (Wildman–Crippen LogP) is 3.42. The fourth-order valence-corrected chi connectivity index (χ4v) is 3.79. The molecule has 0 aliphatic rings. The quantitative estimate of drug-likeness (QED) is 0.628. The summed E-state index contributed by atoms with van der Waals surface area (Å²) >= 11 is 2.87. The number of aromatic nitrogens is 2. The van der Waals surface area contributed by atoms with Gasteiger partial charge in [-0.3, -0.25) is 4.79 Å². The average molecular weight is 387 g/mol. The topological polar surface area (TPSA) is 81.2 Å². The van der Waals surface area contributed by atoms with Crippen LogP contribution in [0.25, 0.3) is 10.7 Å².